The fourth-order valence-electron chi connectivity index (χ4n) is 2.42. The molecule has 0 amide bonds. The fraction of sp³-hybridized carbons (Fsp3) is 0.467. The van der Waals surface area contributed by atoms with Crippen molar-refractivity contribution in [2.75, 3.05) is 0 Å². The first-order valence-corrected chi connectivity index (χ1v) is 6.93. The minimum atomic E-state index is 0.438. The van der Waals surface area contributed by atoms with Crippen LogP contribution in [0.15, 0.2) is 28.7 Å². The van der Waals surface area contributed by atoms with Crippen LogP contribution in [0.4, 0.5) is 0 Å². The molecule has 1 atom stereocenters. The van der Waals surface area contributed by atoms with Crippen LogP contribution in [-0.4, -0.2) is 12.1 Å². The lowest BCUT2D eigenvalue weighted by Gasteiger charge is -2.38. The van der Waals surface area contributed by atoms with Gasteiger partial charge in [0.15, 0.2) is 0 Å². The van der Waals surface area contributed by atoms with Gasteiger partial charge in [0.05, 0.1) is 0 Å². The quantitative estimate of drug-likeness (QED) is 0.834. The molecule has 1 aliphatic rings. The molecular weight excluding hydrogens is 274 g/mol. The van der Waals surface area contributed by atoms with Crippen molar-refractivity contribution in [2.24, 2.45) is 0 Å². The first kappa shape index (κ1) is 12.7. The van der Waals surface area contributed by atoms with E-state index in [2.05, 4.69) is 58.4 Å². The Balaban J connectivity index is 1.81. The number of hydrogen-bond donors (Lipinski definition) is 1. The first-order chi connectivity index (χ1) is 8.19. The van der Waals surface area contributed by atoms with Crippen LogP contribution < -0.4 is 5.32 Å². The molecule has 0 spiro atoms. The summed E-state index contributed by atoms with van der Waals surface area (Å²) in [6, 6.07) is 9.71. The molecular formula is C15H18BrN. The molecule has 0 heterocycles. The first-order valence-electron chi connectivity index (χ1n) is 6.14. The Labute approximate surface area is 112 Å². The summed E-state index contributed by atoms with van der Waals surface area (Å²) in [4.78, 5) is 0. The van der Waals surface area contributed by atoms with E-state index in [0.29, 0.717) is 18.0 Å². The fourth-order valence-corrected chi connectivity index (χ4v) is 2.84. The third kappa shape index (κ3) is 3.34. The second-order valence-corrected chi connectivity index (χ2v) is 5.81. The van der Waals surface area contributed by atoms with Gasteiger partial charge in [-0.3, -0.25) is 0 Å². The summed E-state index contributed by atoms with van der Waals surface area (Å²) < 4.78 is 1.17. The van der Waals surface area contributed by atoms with Gasteiger partial charge in [0.25, 0.3) is 0 Å². The molecule has 1 nitrogen and oxygen atoms in total. The molecule has 1 aliphatic carbocycles. The second kappa shape index (κ2) is 5.71. The lowest BCUT2D eigenvalue weighted by molar-refractivity contribution is 0.270. The van der Waals surface area contributed by atoms with E-state index in [0.717, 1.165) is 6.42 Å². The Morgan fingerprint density at radius 1 is 1.53 bits per heavy atom. The second-order valence-electron chi connectivity index (χ2n) is 4.90. The highest BCUT2D eigenvalue weighted by Gasteiger charge is 2.30. The molecule has 0 bridgehead atoms. The number of hydrogen-bond acceptors (Lipinski definition) is 1. The number of terminal acetylenes is 1. The van der Waals surface area contributed by atoms with E-state index in [-0.39, 0.29) is 0 Å². The molecule has 1 saturated carbocycles. The molecule has 0 aliphatic heterocycles. The zero-order valence-corrected chi connectivity index (χ0v) is 11.7. The summed E-state index contributed by atoms with van der Waals surface area (Å²) in [6.45, 7) is 2.16. The molecule has 2 rings (SSSR count). The van der Waals surface area contributed by atoms with Gasteiger partial charge in [-0.05, 0) is 43.4 Å². The summed E-state index contributed by atoms with van der Waals surface area (Å²) in [6.07, 6.45) is 8.58. The van der Waals surface area contributed by atoms with Gasteiger partial charge in [0, 0.05) is 23.0 Å². The summed E-state index contributed by atoms with van der Waals surface area (Å²) >= 11 is 3.52. The molecule has 1 fully saturated rings. The number of benzene rings is 1. The largest absolute Gasteiger partial charge is 0.311 e. The van der Waals surface area contributed by atoms with Crippen LogP contribution in [0.1, 0.15) is 37.7 Å². The highest BCUT2D eigenvalue weighted by atomic mass is 79.9. The third-order valence-electron chi connectivity index (χ3n) is 3.40. The van der Waals surface area contributed by atoms with E-state index in [4.69, 9.17) is 6.42 Å². The lowest BCUT2D eigenvalue weighted by Crippen LogP contribution is -2.44. The Morgan fingerprint density at radius 2 is 2.29 bits per heavy atom. The van der Waals surface area contributed by atoms with Gasteiger partial charge in [-0.25, -0.2) is 0 Å². The van der Waals surface area contributed by atoms with Gasteiger partial charge in [0.1, 0.15) is 0 Å². The van der Waals surface area contributed by atoms with Crippen LogP contribution in [0.3, 0.4) is 0 Å². The maximum absolute atomic E-state index is 5.30. The van der Waals surface area contributed by atoms with E-state index < -0.39 is 0 Å². The number of nitrogens with one attached hydrogen (secondary N) is 1. The van der Waals surface area contributed by atoms with Gasteiger partial charge in [0.2, 0.25) is 0 Å². The Hall–Kier alpha value is -0.780. The predicted molar refractivity (Wildman–Crippen MR) is 76.0 cm³/mol. The van der Waals surface area contributed by atoms with Crippen LogP contribution in [0.25, 0.3) is 0 Å². The van der Waals surface area contributed by atoms with Gasteiger partial charge >= 0.3 is 0 Å². The highest BCUT2D eigenvalue weighted by molar-refractivity contribution is 9.10. The zero-order chi connectivity index (χ0) is 12.3. The van der Waals surface area contributed by atoms with Gasteiger partial charge in [-0.15, -0.1) is 12.3 Å². The maximum Gasteiger partial charge on any atom is 0.0238 e. The van der Waals surface area contributed by atoms with Gasteiger partial charge in [-0.2, -0.15) is 0 Å². The van der Waals surface area contributed by atoms with E-state index in [1.165, 1.54) is 22.9 Å². The average Bonchev–Trinajstić information content (AvgIpc) is 2.23. The van der Waals surface area contributed by atoms with E-state index in [1.807, 2.05) is 0 Å². The summed E-state index contributed by atoms with van der Waals surface area (Å²) in [5.41, 5.74) is 1.45. The molecule has 17 heavy (non-hydrogen) atoms. The molecule has 90 valence electrons. The van der Waals surface area contributed by atoms with E-state index >= 15 is 0 Å². The molecule has 0 radical (unpaired) electrons. The topological polar surface area (TPSA) is 12.0 Å². The van der Waals surface area contributed by atoms with E-state index in [9.17, 15) is 0 Å². The van der Waals surface area contributed by atoms with Gasteiger partial charge in [-0.1, -0.05) is 28.1 Å². The third-order valence-corrected chi connectivity index (χ3v) is 3.90. The number of rotatable bonds is 4. The van der Waals surface area contributed by atoms with E-state index in [1.54, 1.807) is 0 Å². The Bertz CT molecular complexity index is 415. The summed E-state index contributed by atoms with van der Waals surface area (Å²) in [5, 5.41) is 3.58. The maximum atomic E-state index is 5.30. The molecule has 1 aromatic carbocycles. The van der Waals surface area contributed by atoms with Crippen LogP contribution >= 0.6 is 15.9 Å². The van der Waals surface area contributed by atoms with Crippen molar-refractivity contribution in [3.05, 3.63) is 34.3 Å². The van der Waals surface area contributed by atoms with Crippen molar-refractivity contribution in [1.82, 2.24) is 5.32 Å². The monoisotopic (exact) mass is 291 g/mol. The standard InChI is InChI=1S/C15H18BrN/c1-3-5-11(2)17-15-9-13(10-15)12-6-4-7-14(16)8-12/h1,4,6-8,11,13,15,17H,5,9-10H2,2H3. The minimum absolute atomic E-state index is 0.438. The van der Waals surface area contributed by atoms with Crippen molar-refractivity contribution >= 4 is 15.9 Å². The minimum Gasteiger partial charge on any atom is -0.311 e. The Morgan fingerprint density at radius 3 is 2.94 bits per heavy atom. The molecule has 2 heteroatoms. The van der Waals surface area contributed by atoms with Crippen LogP contribution in [0.5, 0.6) is 0 Å². The zero-order valence-electron chi connectivity index (χ0n) is 10.1. The van der Waals surface area contributed by atoms with Gasteiger partial charge < -0.3 is 5.32 Å². The molecule has 1 unspecified atom stereocenters. The highest BCUT2D eigenvalue weighted by Crippen LogP contribution is 2.37. The summed E-state index contributed by atoms with van der Waals surface area (Å²) in [5.74, 6) is 3.41. The molecule has 1 N–H and O–H groups in total. The van der Waals surface area contributed by atoms with Crippen LogP contribution in [0, 0.1) is 12.3 Å². The molecule has 0 saturated heterocycles. The predicted octanol–water partition coefficient (Wildman–Crippen LogP) is 3.70. The number of halogens is 1. The van der Waals surface area contributed by atoms with Crippen molar-refractivity contribution < 1.29 is 0 Å². The van der Waals surface area contributed by atoms with Crippen molar-refractivity contribution in [2.45, 2.75) is 44.2 Å². The van der Waals surface area contributed by atoms with Crippen molar-refractivity contribution in [3.8, 4) is 12.3 Å². The van der Waals surface area contributed by atoms with Crippen molar-refractivity contribution in [3.63, 3.8) is 0 Å². The Kier molecular flexibility index (Phi) is 4.25. The average molecular weight is 292 g/mol. The normalized spacial score (nSPS) is 24.8. The molecule has 1 aromatic rings. The summed E-state index contributed by atoms with van der Waals surface area (Å²) in [7, 11) is 0. The lowest BCUT2D eigenvalue weighted by atomic mass is 9.75. The van der Waals surface area contributed by atoms with Crippen molar-refractivity contribution in [1.29, 1.82) is 0 Å². The van der Waals surface area contributed by atoms with Crippen LogP contribution in [0.2, 0.25) is 0 Å². The van der Waals surface area contributed by atoms with Crippen LogP contribution in [-0.2, 0) is 0 Å². The SMILES string of the molecule is C#CCC(C)NC1CC(c2cccc(Br)c2)C1. The smallest absolute Gasteiger partial charge is 0.0238 e. The molecule has 0 aromatic heterocycles.